The molecular formula is C27H30ClN3O4S. The monoisotopic (exact) mass is 527 g/mol. The molecule has 0 bridgehead atoms. The van der Waals surface area contributed by atoms with Crippen molar-refractivity contribution in [3.8, 4) is 0 Å². The number of likely N-dealkylation sites (N-methyl/N-ethyl adjacent to an activating group) is 1. The molecule has 3 aromatic rings. The van der Waals surface area contributed by atoms with Crippen LogP contribution in [-0.2, 0) is 26.2 Å². The molecule has 0 aromatic heterocycles. The topological polar surface area (TPSA) is 86.8 Å². The van der Waals surface area contributed by atoms with Gasteiger partial charge in [-0.1, -0.05) is 60.1 Å². The van der Waals surface area contributed by atoms with Crippen LogP contribution in [0.2, 0.25) is 5.02 Å². The number of hydrogen-bond donors (Lipinski definition) is 1. The second kappa shape index (κ2) is 12.1. The van der Waals surface area contributed by atoms with E-state index < -0.39 is 28.5 Å². The molecule has 0 aliphatic carbocycles. The maximum absolute atomic E-state index is 13.8. The Balaban J connectivity index is 2.02. The minimum atomic E-state index is -4.07. The summed E-state index contributed by atoms with van der Waals surface area (Å²) in [5.74, 6) is -0.834. The summed E-state index contributed by atoms with van der Waals surface area (Å²) in [6.45, 7) is 5.26. The third-order valence-electron chi connectivity index (χ3n) is 5.78. The van der Waals surface area contributed by atoms with E-state index >= 15 is 0 Å². The van der Waals surface area contributed by atoms with E-state index in [2.05, 4.69) is 5.32 Å². The average Bonchev–Trinajstić information content (AvgIpc) is 2.87. The molecule has 3 aromatic carbocycles. The summed E-state index contributed by atoms with van der Waals surface area (Å²) in [7, 11) is -4.07. The van der Waals surface area contributed by atoms with Gasteiger partial charge in [-0.05, 0) is 62.2 Å². The van der Waals surface area contributed by atoms with Crippen molar-refractivity contribution in [2.45, 2.75) is 38.3 Å². The fourth-order valence-electron chi connectivity index (χ4n) is 3.77. The number of rotatable bonds is 10. The van der Waals surface area contributed by atoms with Crippen molar-refractivity contribution in [2.75, 3.05) is 17.4 Å². The van der Waals surface area contributed by atoms with Gasteiger partial charge >= 0.3 is 0 Å². The van der Waals surface area contributed by atoms with E-state index in [0.29, 0.717) is 22.8 Å². The number of sulfonamides is 1. The number of aryl methyl sites for hydroxylation is 1. The number of carbonyl (C=O) groups is 2. The quantitative estimate of drug-likeness (QED) is 0.423. The first kappa shape index (κ1) is 27.2. The van der Waals surface area contributed by atoms with Crippen LogP contribution < -0.4 is 9.62 Å². The first-order valence-electron chi connectivity index (χ1n) is 11.6. The number of hydrogen-bond acceptors (Lipinski definition) is 4. The Bertz CT molecular complexity index is 1300. The Kier molecular flexibility index (Phi) is 9.12. The van der Waals surface area contributed by atoms with Gasteiger partial charge in [-0.15, -0.1) is 0 Å². The highest BCUT2D eigenvalue weighted by molar-refractivity contribution is 7.92. The smallest absolute Gasteiger partial charge is 0.264 e. The maximum Gasteiger partial charge on any atom is 0.264 e. The number of carbonyl (C=O) groups excluding carboxylic acids is 2. The molecular weight excluding hydrogens is 498 g/mol. The molecule has 2 amide bonds. The highest BCUT2D eigenvalue weighted by Gasteiger charge is 2.32. The van der Waals surface area contributed by atoms with Gasteiger partial charge in [0.15, 0.2) is 0 Å². The lowest BCUT2D eigenvalue weighted by atomic mass is 10.1. The van der Waals surface area contributed by atoms with E-state index in [4.69, 9.17) is 11.6 Å². The number of amides is 2. The first-order valence-corrected chi connectivity index (χ1v) is 13.4. The van der Waals surface area contributed by atoms with Crippen LogP contribution >= 0.6 is 11.6 Å². The van der Waals surface area contributed by atoms with Gasteiger partial charge in [0, 0.05) is 18.1 Å². The Labute approximate surface area is 217 Å². The summed E-state index contributed by atoms with van der Waals surface area (Å²) in [5.41, 5.74) is 1.86. The minimum absolute atomic E-state index is 0.0714. The van der Waals surface area contributed by atoms with Crippen molar-refractivity contribution < 1.29 is 18.0 Å². The molecule has 0 saturated carbocycles. The van der Waals surface area contributed by atoms with Gasteiger partial charge in [-0.2, -0.15) is 0 Å². The van der Waals surface area contributed by atoms with Crippen molar-refractivity contribution in [1.82, 2.24) is 10.2 Å². The van der Waals surface area contributed by atoms with Gasteiger partial charge in [0.05, 0.1) is 10.6 Å². The van der Waals surface area contributed by atoms with Crippen LogP contribution in [0, 0.1) is 6.92 Å². The summed E-state index contributed by atoms with van der Waals surface area (Å²) in [6, 6.07) is 21.1. The number of anilines is 1. The van der Waals surface area contributed by atoms with Crippen molar-refractivity contribution in [3.05, 3.63) is 95.0 Å². The van der Waals surface area contributed by atoms with Gasteiger partial charge in [0.2, 0.25) is 11.8 Å². The van der Waals surface area contributed by atoms with Crippen molar-refractivity contribution in [2.24, 2.45) is 0 Å². The Hall–Kier alpha value is -3.36. The highest BCUT2D eigenvalue weighted by atomic mass is 35.5. The van der Waals surface area contributed by atoms with E-state index in [-0.39, 0.29) is 17.3 Å². The molecule has 0 heterocycles. The number of benzene rings is 3. The van der Waals surface area contributed by atoms with Gasteiger partial charge in [-0.25, -0.2) is 8.42 Å². The lowest BCUT2D eigenvalue weighted by Gasteiger charge is -2.32. The second-order valence-electron chi connectivity index (χ2n) is 8.33. The maximum atomic E-state index is 13.8. The minimum Gasteiger partial charge on any atom is -0.355 e. The van der Waals surface area contributed by atoms with Gasteiger partial charge < -0.3 is 10.2 Å². The van der Waals surface area contributed by atoms with Crippen LogP contribution in [0.1, 0.15) is 25.0 Å². The van der Waals surface area contributed by atoms with Crippen LogP contribution in [0.4, 0.5) is 5.69 Å². The zero-order chi connectivity index (χ0) is 26.3. The molecule has 0 unspecified atom stereocenters. The normalized spacial score (nSPS) is 12.0. The molecule has 36 heavy (non-hydrogen) atoms. The average molecular weight is 528 g/mol. The fraction of sp³-hybridized carbons (Fsp3) is 0.259. The predicted octanol–water partition coefficient (Wildman–Crippen LogP) is 4.40. The lowest BCUT2D eigenvalue weighted by Crippen LogP contribution is -2.51. The van der Waals surface area contributed by atoms with E-state index in [1.54, 1.807) is 87.5 Å². The summed E-state index contributed by atoms with van der Waals surface area (Å²) in [5, 5.41) is 3.29. The summed E-state index contributed by atoms with van der Waals surface area (Å²) < 4.78 is 28.5. The van der Waals surface area contributed by atoms with Gasteiger partial charge in [-0.3, -0.25) is 13.9 Å². The molecule has 1 atom stereocenters. The number of nitrogens with zero attached hydrogens (tertiary/aromatic N) is 2. The molecule has 0 spiro atoms. The van der Waals surface area contributed by atoms with Crippen LogP contribution in [0.25, 0.3) is 0 Å². The molecule has 0 radical (unpaired) electrons. The molecule has 7 nitrogen and oxygen atoms in total. The van der Waals surface area contributed by atoms with Crippen LogP contribution in [-0.4, -0.2) is 44.3 Å². The Morgan fingerprint density at radius 1 is 0.944 bits per heavy atom. The number of halogens is 1. The van der Waals surface area contributed by atoms with Gasteiger partial charge in [0.25, 0.3) is 10.0 Å². The molecule has 3 rings (SSSR count). The lowest BCUT2D eigenvalue weighted by molar-refractivity contribution is -0.139. The molecule has 9 heteroatoms. The third kappa shape index (κ3) is 6.44. The van der Waals surface area contributed by atoms with Crippen LogP contribution in [0.15, 0.2) is 83.8 Å². The van der Waals surface area contributed by atoms with E-state index in [0.717, 1.165) is 9.87 Å². The number of para-hydroxylation sites is 1. The largest absolute Gasteiger partial charge is 0.355 e. The van der Waals surface area contributed by atoms with Crippen molar-refractivity contribution in [3.63, 3.8) is 0 Å². The fourth-order valence-corrected chi connectivity index (χ4v) is 5.39. The zero-order valence-electron chi connectivity index (χ0n) is 20.5. The predicted molar refractivity (Wildman–Crippen MR) is 142 cm³/mol. The number of nitrogens with one attached hydrogen (secondary N) is 1. The molecule has 0 fully saturated rings. The summed E-state index contributed by atoms with van der Waals surface area (Å²) in [6.07, 6.45) is 0. The molecule has 1 N–H and O–H groups in total. The Morgan fingerprint density at radius 2 is 1.56 bits per heavy atom. The highest BCUT2D eigenvalue weighted by Crippen LogP contribution is 2.27. The molecule has 190 valence electrons. The molecule has 0 saturated heterocycles. The summed E-state index contributed by atoms with van der Waals surface area (Å²) in [4.78, 5) is 27.9. The van der Waals surface area contributed by atoms with Crippen molar-refractivity contribution >= 4 is 39.1 Å². The Morgan fingerprint density at radius 3 is 2.17 bits per heavy atom. The van der Waals surface area contributed by atoms with E-state index in [1.807, 2.05) is 0 Å². The standard InChI is InChI=1S/C27H30ClN3O4S/c1-4-29-27(33)21(3)30(18-22-14-16-23(28)17-15-22)26(32)19-31(25-13-9-8-10-20(25)2)36(34,35)24-11-6-5-7-12-24/h5-17,21H,4,18-19H2,1-3H3,(H,29,33)/t21-/m0/s1. The third-order valence-corrected chi connectivity index (χ3v) is 7.80. The first-order chi connectivity index (χ1) is 17.1. The SMILES string of the molecule is CCNC(=O)[C@H](C)N(Cc1ccc(Cl)cc1)C(=O)CN(c1ccccc1C)S(=O)(=O)c1ccccc1. The van der Waals surface area contributed by atoms with Gasteiger partial charge in [0.1, 0.15) is 12.6 Å². The zero-order valence-corrected chi connectivity index (χ0v) is 22.1. The second-order valence-corrected chi connectivity index (χ2v) is 10.6. The van der Waals surface area contributed by atoms with Crippen LogP contribution in [0.5, 0.6) is 0 Å². The van der Waals surface area contributed by atoms with Crippen molar-refractivity contribution in [1.29, 1.82) is 0 Å². The molecule has 0 aliphatic heterocycles. The summed E-state index contributed by atoms with van der Waals surface area (Å²) >= 11 is 6.01. The van der Waals surface area contributed by atoms with E-state index in [9.17, 15) is 18.0 Å². The van der Waals surface area contributed by atoms with E-state index in [1.165, 1.54) is 17.0 Å². The van der Waals surface area contributed by atoms with Crippen LogP contribution in [0.3, 0.4) is 0 Å². The molecule has 0 aliphatic rings.